The highest BCUT2D eigenvalue weighted by Gasteiger charge is 2.11. The molecule has 2 rings (SSSR count). The second-order valence-corrected chi connectivity index (χ2v) is 4.50. The number of hydrogen-bond acceptors (Lipinski definition) is 2. The summed E-state index contributed by atoms with van der Waals surface area (Å²) < 4.78 is 0. The lowest BCUT2D eigenvalue weighted by molar-refractivity contribution is 0.102. The van der Waals surface area contributed by atoms with Gasteiger partial charge in [0.25, 0.3) is 11.5 Å². The summed E-state index contributed by atoms with van der Waals surface area (Å²) in [6, 6.07) is 8.80. The summed E-state index contributed by atoms with van der Waals surface area (Å²) in [6.07, 6.45) is 2.28. The number of pyridine rings is 1. The van der Waals surface area contributed by atoms with Gasteiger partial charge in [-0.1, -0.05) is 30.7 Å². The highest BCUT2D eigenvalue weighted by molar-refractivity contribution is 6.30. The second kappa shape index (κ2) is 5.71. The second-order valence-electron chi connectivity index (χ2n) is 4.07. The monoisotopic (exact) mass is 276 g/mol. The molecule has 1 heterocycles. The van der Waals surface area contributed by atoms with Crippen LogP contribution in [0.4, 0.5) is 5.69 Å². The molecule has 19 heavy (non-hydrogen) atoms. The van der Waals surface area contributed by atoms with E-state index in [1.807, 2.05) is 12.1 Å². The summed E-state index contributed by atoms with van der Waals surface area (Å²) in [5, 5.41) is 2.97. The Bertz CT molecular complexity index is 647. The standard InChI is InChI=1S/C14H13ClN2O2/c1-2-9-3-5-11(6-4-9)17-14(19)12-7-10(15)8-16-13(12)18/h3-8H,2H2,1H3,(H,16,18)(H,17,19). The van der Waals surface area contributed by atoms with E-state index in [1.54, 1.807) is 12.1 Å². The third-order valence-electron chi connectivity index (χ3n) is 2.73. The molecule has 0 saturated carbocycles. The number of carbonyl (C=O) groups excluding carboxylic acids is 1. The van der Waals surface area contributed by atoms with Gasteiger partial charge in [0.15, 0.2) is 0 Å². The van der Waals surface area contributed by atoms with Gasteiger partial charge >= 0.3 is 0 Å². The number of nitrogens with one attached hydrogen (secondary N) is 2. The van der Waals surface area contributed by atoms with E-state index in [9.17, 15) is 9.59 Å². The van der Waals surface area contributed by atoms with E-state index >= 15 is 0 Å². The molecule has 0 aliphatic rings. The van der Waals surface area contributed by atoms with E-state index in [2.05, 4.69) is 17.2 Å². The normalized spacial score (nSPS) is 10.2. The van der Waals surface area contributed by atoms with Crippen LogP contribution in [0.2, 0.25) is 5.02 Å². The van der Waals surface area contributed by atoms with Crippen LogP contribution in [0.3, 0.4) is 0 Å². The zero-order valence-corrected chi connectivity index (χ0v) is 11.1. The minimum absolute atomic E-state index is 0.00734. The van der Waals surface area contributed by atoms with Crippen LogP contribution >= 0.6 is 11.6 Å². The van der Waals surface area contributed by atoms with Crippen LogP contribution in [-0.2, 0) is 6.42 Å². The molecule has 98 valence electrons. The summed E-state index contributed by atoms with van der Waals surface area (Å²) in [5.74, 6) is -0.479. The third kappa shape index (κ3) is 3.23. The van der Waals surface area contributed by atoms with Gasteiger partial charge in [-0.3, -0.25) is 9.59 Å². The molecule has 0 aliphatic carbocycles. The SMILES string of the molecule is CCc1ccc(NC(=O)c2cc(Cl)c[nH]c2=O)cc1. The Hall–Kier alpha value is -2.07. The number of aryl methyl sites for hydroxylation is 1. The van der Waals surface area contributed by atoms with E-state index in [1.165, 1.54) is 17.8 Å². The van der Waals surface area contributed by atoms with E-state index < -0.39 is 11.5 Å². The van der Waals surface area contributed by atoms with Crippen LogP contribution in [-0.4, -0.2) is 10.9 Å². The van der Waals surface area contributed by atoms with Gasteiger partial charge in [0.2, 0.25) is 0 Å². The third-order valence-corrected chi connectivity index (χ3v) is 2.95. The van der Waals surface area contributed by atoms with E-state index in [0.29, 0.717) is 10.7 Å². The van der Waals surface area contributed by atoms with Gasteiger partial charge in [-0.25, -0.2) is 0 Å². The molecular formula is C14H13ClN2O2. The van der Waals surface area contributed by atoms with Crippen LogP contribution in [0, 0.1) is 0 Å². The highest BCUT2D eigenvalue weighted by atomic mass is 35.5. The fourth-order valence-electron chi connectivity index (χ4n) is 1.65. The van der Waals surface area contributed by atoms with Gasteiger partial charge < -0.3 is 10.3 Å². The van der Waals surface area contributed by atoms with Gasteiger partial charge in [-0.15, -0.1) is 0 Å². The zero-order chi connectivity index (χ0) is 13.8. The van der Waals surface area contributed by atoms with Crippen molar-refractivity contribution in [2.45, 2.75) is 13.3 Å². The molecule has 1 aromatic heterocycles. The first-order valence-corrected chi connectivity index (χ1v) is 6.26. The number of H-pyrrole nitrogens is 1. The average molecular weight is 277 g/mol. The number of hydrogen-bond donors (Lipinski definition) is 2. The van der Waals surface area contributed by atoms with Crippen molar-refractivity contribution in [3.05, 3.63) is 63.0 Å². The lowest BCUT2D eigenvalue weighted by Crippen LogP contribution is -2.22. The number of anilines is 1. The molecule has 1 amide bonds. The maximum Gasteiger partial charge on any atom is 0.261 e. The van der Waals surface area contributed by atoms with Gasteiger partial charge in [0.05, 0.1) is 5.02 Å². The topological polar surface area (TPSA) is 62.0 Å². The van der Waals surface area contributed by atoms with Crippen LogP contribution in [0.5, 0.6) is 0 Å². The zero-order valence-electron chi connectivity index (χ0n) is 10.4. The number of aromatic nitrogens is 1. The summed E-state index contributed by atoms with van der Waals surface area (Å²) in [5.41, 5.74) is 1.35. The number of carbonyl (C=O) groups is 1. The molecule has 0 saturated heterocycles. The smallest absolute Gasteiger partial charge is 0.261 e. The minimum atomic E-state index is -0.479. The lowest BCUT2D eigenvalue weighted by atomic mass is 10.1. The number of amides is 1. The quantitative estimate of drug-likeness (QED) is 0.905. The number of benzene rings is 1. The number of aromatic amines is 1. The Kier molecular flexibility index (Phi) is 4.02. The molecule has 2 N–H and O–H groups in total. The summed E-state index contributed by atoms with van der Waals surface area (Å²) in [7, 11) is 0. The van der Waals surface area contributed by atoms with Crippen molar-refractivity contribution >= 4 is 23.2 Å². The van der Waals surface area contributed by atoms with Crippen LogP contribution in [0.15, 0.2) is 41.3 Å². The molecule has 1 aromatic carbocycles. The minimum Gasteiger partial charge on any atom is -0.327 e. The molecule has 0 bridgehead atoms. The van der Waals surface area contributed by atoms with Crippen molar-refractivity contribution in [2.75, 3.05) is 5.32 Å². The van der Waals surface area contributed by atoms with Gasteiger partial charge in [0.1, 0.15) is 5.56 Å². The summed E-state index contributed by atoms with van der Waals surface area (Å²) in [6.45, 7) is 2.05. The van der Waals surface area contributed by atoms with E-state index in [4.69, 9.17) is 11.6 Å². The maximum absolute atomic E-state index is 12.0. The van der Waals surface area contributed by atoms with E-state index in [-0.39, 0.29) is 5.56 Å². The first-order chi connectivity index (χ1) is 9.10. The van der Waals surface area contributed by atoms with Gasteiger partial charge in [-0.2, -0.15) is 0 Å². The highest BCUT2D eigenvalue weighted by Crippen LogP contribution is 2.12. The number of rotatable bonds is 3. The first kappa shape index (κ1) is 13.4. The molecule has 5 heteroatoms. The number of halogens is 1. The predicted octanol–water partition coefficient (Wildman–Crippen LogP) is 2.84. The molecule has 0 fully saturated rings. The first-order valence-electron chi connectivity index (χ1n) is 5.88. The van der Waals surface area contributed by atoms with Gasteiger partial charge in [-0.05, 0) is 30.2 Å². The van der Waals surface area contributed by atoms with Crippen molar-refractivity contribution in [3.8, 4) is 0 Å². The maximum atomic E-state index is 12.0. The molecule has 2 aromatic rings. The Morgan fingerprint density at radius 3 is 2.63 bits per heavy atom. The molecule has 0 aliphatic heterocycles. The fourth-order valence-corrected chi connectivity index (χ4v) is 1.81. The Labute approximate surface area is 115 Å². The van der Waals surface area contributed by atoms with Crippen LogP contribution in [0.1, 0.15) is 22.8 Å². The molecular weight excluding hydrogens is 264 g/mol. The Morgan fingerprint density at radius 1 is 1.32 bits per heavy atom. The van der Waals surface area contributed by atoms with Gasteiger partial charge in [0, 0.05) is 11.9 Å². The fraction of sp³-hybridized carbons (Fsp3) is 0.143. The van der Waals surface area contributed by atoms with Crippen molar-refractivity contribution in [3.63, 3.8) is 0 Å². The molecule has 0 unspecified atom stereocenters. The Balaban J connectivity index is 2.20. The largest absolute Gasteiger partial charge is 0.327 e. The van der Waals surface area contributed by atoms with Crippen LogP contribution < -0.4 is 10.9 Å². The van der Waals surface area contributed by atoms with Crippen LogP contribution in [0.25, 0.3) is 0 Å². The predicted molar refractivity (Wildman–Crippen MR) is 75.8 cm³/mol. The van der Waals surface area contributed by atoms with Crippen molar-refractivity contribution in [1.82, 2.24) is 4.98 Å². The van der Waals surface area contributed by atoms with Crippen molar-refractivity contribution < 1.29 is 4.79 Å². The van der Waals surface area contributed by atoms with Crippen molar-refractivity contribution in [2.24, 2.45) is 0 Å². The molecule has 4 nitrogen and oxygen atoms in total. The van der Waals surface area contributed by atoms with Crippen molar-refractivity contribution in [1.29, 1.82) is 0 Å². The Morgan fingerprint density at radius 2 is 2.00 bits per heavy atom. The lowest BCUT2D eigenvalue weighted by Gasteiger charge is -2.05. The molecule has 0 radical (unpaired) electrons. The average Bonchev–Trinajstić information content (AvgIpc) is 2.42. The summed E-state index contributed by atoms with van der Waals surface area (Å²) >= 11 is 5.75. The molecule has 0 spiro atoms. The molecule has 0 atom stereocenters. The summed E-state index contributed by atoms with van der Waals surface area (Å²) in [4.78, 5) is 25.9. The van der Waals surface area contributed by atoms with E-state index in [0.717, 1.165) is 6.42 Å².